The first kappa shape index (κ1) is 22.9. The number of hydrogen-bond donors (Lipinski definition) is 1. The van der Waals surface area contributed by atoms with Gasteiger partial charge in [-0.1, -0.05) is 6.92 Å². The van der Waals surface area contributed by atoms with Crippen LogP contribution in [0.4, 0.5) is 0 Å². The summed E-state index contributed by atoms with van der Waals surface area (Å²) in [5.41, 5.74) is 0. The molecule has 1 N–H and O–H groups in total. The topological polar surface area (TPSA) is 38.8 Å². The van der Waals surface area contributed by atoms with E-state index in [4.69, 9.17) is 0 Å². The van der Waals surface area contributed by atoms with Crippen LogP contribution in [0.1, 0.15) is 33.1 Å². The van der Waals surface area contributed by atoms with E-state index in [9.17, 15) is 4.79 Å². The maximum Gasteiger partial charge on any atom is 0.223 e. The summed E-state index contributed by atoms with van der Waals surface area (Å²) in [7, 11) is 2.18. The SMILES string of the molecule is CCN1CCC(N(C)CCC(=O)N2CCNCC2)CC1C.Cl.Cl. The Balaban J connectivity index is 0.00000242. The quantitative estimate of drug-likeness (QED) is 0.797. The second-order valence-electron chi connectivity index (χ2n) is 6.52. The molecule has 0 spiro atoms. The van der Waals surface area contributed by atoms with Gasteiger partial charge in [0.25, 0.3) is 0 Å². The average molecular weight is 369 g/mol. The summed E-state index contributed by atoms with van der Waals surface area (Å²) >= 11 is 0. The zero-order chi connectivity index (χ0) is 15.2. The van der Waals surface area contributed by atoms with Gasteiger partial charge >= 0.3 is 0 Å². The van der Waals surface area contributed by atoms with Gasteiger partial charge < -0.3 is 20.0 Å². The number of piperidine rings is 1. The number of nitrogens with one attached hydrogen (secondary N) is 1. The molecule has 2 heterocycles. The van der Waals surface area contributed by atoms with Gasteiger partial charge in [0.15, 0.2) is 0 Å². The standard InChI is InChI=1S/C16H32N4O.2ClH/c1-4-19-10-5-15(13-14(19)2)18(3)9-6-16(21)20-11-7-17-8-12-20;;/h14-15,17H,4-13H2,1-3H3;2*1H. The Morgan fingerprint density at radius 2 is 1.87 bits per heavy atom. The Morgan fingerprint density at radius 1 is 1.22 bits per heavy atom. The van der Waals surface area contributed by atoms with E-state index in [0.29, 0.717) is 24.4 Å². The highest BCUT2D eigenvalue weighted by Gasteiger charge is 2.27. The van der Waals surface area contributed by atoms with Crippen LogP contribution in [-0.2, 0) is 4.79 Å². The lowest BCUT2D eigenvalue weighted by atomic mass is 9.97. The Labute approximate surface area is 153 Å². The fourth-order valence-electron chi connectivity index (χ4n) is 3.59. The average Bonchev–Trinajstić information content (AvgIpc) is 2.53. The number of carbonyl (C=O) groups is 1. The smallest absolute Gasteiger partial charge is 0.223 e. The number of amides is 1. The summed E-state index contributed by atoms with van der Waals surface area (Å²) in [4.78, 5) is 19.2. The van der Waals surface area contributed by atoms with Gasteiger partial charge in [0.2, 0.25) is 5.91 Å². The van der Waals surface area contributed by atoms with E-state index in [1.165, 1.54) is 19.4 Å². The minimum absolute atomic E-state index is 0. The Kier molecular flexibility index (Phi) is 11.4. The van der Waals surface area contributed by atoms with E-state index in [2.05, 4.69) is 36.0 Å². The lowest BCUT2D eigenvalue weighted by Gasteiger charge is -2.40. The van der Waals surface area contributed by atoms with Crippen LogP contribution in [0.5, 0.6) is 0 Å². The number of nitrogens with zero attached hydrogens (tertiary/aromatic N) is 3. The van der Waals surface area contributed by atoms with Crippen molar-refractivity contribution in [1.82, 2.24) is 20.0 Å². The predicted octanol–water partition coefficient (Wildman–Crippen LogP) is 1.46. The molecule has 0 aromatic carbocycles. The van der Waals surface area contributed by atoms with E-state index in [-0.39, 0.29) is 24.8 Å². The fourth-order valence-corrected chi connectivity index (χ4v) is 3.59. The Bertz CT molecular complexity index is 340. The molecule has 5 nitrogen and oxygen atoms in total. The van der Waals surface area contributed by atoms with Crippen molar-refractivity contribution in [2.45, 2.75) is 45.2 Å². The third-order valence-corrected chi connectivity index (χ3v) is 5.16. The second-order valence-corrected chi connectivity index (χ2v) is 6.52. The summed E-state index contributed by atoms with van der Waals surface area (Å²) in [5, 5.41) is 3.29. The molecule has 23 heavy (non-hydrogen) atoms. The van der Waals surface area contributed by atoms with Crippen LogP contribution >= 0.6 is 24.8 Å². The second kappa shape index (κ2) is 11.5. The van der Waals surface area contributed by atoms with E-state index in [1.54, 1.807) is 0 Å². The Hall–Kier alpha value is -0.0700. The number of piperazine rings is 1. The van der Waals surface area contributed by atoms with E-state index in [1.807, 2.05) is 4.90 Å². The molecule has 0 aliphatic carbocycles. The van der Waals surface area contributed by atoms with E-state index >= 15 is 0 Å². The van der Waals surface area contributed by atoms with Crippen LogP contribution in [0.25, 0.3) is 0 Å². The van der Waals surface area contributed by atoms with Crippen LogP contribution in [-0.4, -0.2) is 85.6 Å². The van der Waals surface area contributed by atoms with Gasteiger partial charge in [0.05, 0.1) is 0 Å². The highest BCUT2D eigenvalue weighted by atomic mass is 35.5. The molecule has 0 radical (unpaired) electrons. The fraction of sp³-hybridized carbons (Fsp3) is 0.938. The third kappa shape index (κ3) is 6.75. The minimum Gasteiger partial charge on any atom is -0.340 e. The molecule has 2 aliphatic heterocycles. The monoisotopic (exact) mass is 368 g/mol. The molecule has 0 aromatic heterocycles. The van der Waals surface area contributed by atoms with Gasteiger partial charge in [-0.15, -0.1) is 24.8 Å². The third-order valence-electron chi connectivity index (χ3n) is 5.16. The van der Waals surface area contributed by atoms with Crippen LogP contribution in [0.2, 0.25) is 0 Å². The molecule has 2 unspecified atom stereocenters. The number of carbonyl (C=O) groups excluding carboxylic acids is 1. The molecule has 2 aliphatic rings. The van der Waals surface area contributed by atoms with Crippen molar-refractivity contribution in [3.63, 3.8) is 0 Å². The van der Waals surface area contributed by atoms with Gasteiger partial charge in [-0.3, -0.25) is 4.79 Å². The molecular formula is C16H34Cl2N4O. The van der Waals surface area contributed by atoms with Gasteiger partial charge in [-0.05, 0) is 39.9 Å². The molecular weight excluding hydrogens is 335 g/mol. The first-order valence-corrected chi connectivity index (χ1v) is 8.54. The first-order chi connectivity index (χ1) is 10.1. The zero-order valence-electron chi connectivity index (χ0n) is 14.8. The number of hydrogen-bond acceptors (Lipinski definition) is 4. The molecule has 2 rings (SSSR count). The molecule has 138 valence electrons. The molecule has 1 amide bonds. The summed E-state index contributed by atoms with van der Waals surface area (Å²) < 4.78 is 0. The highest BCUT2D eigenvalue weighted by Crippen LogP contribution is 2.20. The maximum atomic E-state index is 12.2. The lowest BCUT2D eigenvalue weighted by Crippen LogP contribution is -2.49. The summed E-state index contributed by atoms with van der Waals surface area (Å²) in [6.45, 7) is 11.4. The summed E-state index contributed by atoms with van der Waals surface area (Å²) in [6.07, 6.45) is 3.13. The van der Waals surface area contributed by atoms with Gasteiger partial charge in [0.1, 0.15) is 0 Å². The number of halogens is 2. The maximum absolute atomic E-state index is 12.2. The number of likely N-dealkylation sites (tertiary alicyclic amines) is 1. The van der Waals surface area contributed by atoms with Crippen LogP contribution in [0.3, 0.4) is 0 Å². The van der Waals surface area contributed by atoms with Crippen LogP contribution in [0, 0.1) is 0 Å². The molecule has 0 saturated carbocycles. The lowest BCUT2D eigenvalue weighted by molar-refractivity contribution is -0.132. The van der Waals surface area contributed by atoms with Crippen molar-refractivity contribution >= 4 is 30.7 Å². The molecule has 7 heteroatoms. The van der Waals surface area contributed by atoms with Gasteiger partial charge in [-0.25, -0.2) is 0 Å². The minimum atomic E-state index is 0. The van der Waals surface area contributed by atoms with Crippen molar-refractivity contribution in [3.8, 4) is 0 Å². The van der Waals surface area contributed by atoms with E-state index < -0.39 is 0 Å². The number of rotatable bonds is 5. The molecule has 2 fully saturated rings. The normalized spacial score (nSPS) is 25.7. The predicted molar refractivity (Wildman–Crippen MR) is 101 cm³/mol. The Morgan fingerprint density at radius 3 is 2.43 bits per heavy atom. The van der Waals surface area contributed by atoms with Crippen molar-refractivity contribution < 1.29 is 4.79 Å². The van der Waals surface area contributed by atoms with E-state index in [0.717, 1.165) is 39.3 Å². The highest BCUT2D eigenvalue weighted by molar-refractivity contribution is 5.85. The van der Waals surface area contributed by atoms with Crippen LogP contribution < -0.4 is 5.32 Å². The molecule has 2 atom stereocenters. The van der Waals surface area contributed by atoms with Crippen molar-refractivity contribution in [1.29, 1.82) is 0 Å². The summed E-state index contributed by atoms with van der Waals surface area (Å²) in [6, 6.07) is 1.30. The molecule has 0 bridgehead atoms. The van der Waals surface area contributed by atoms with Gasteiger partial charge in [-0.2, -0.15) is 0 Å². The molecule has 2 saturated heterocycles. The van der Waals surface area contributed by atoms with Crippen LogP contribution in [0.15, 0.2) is 0 Å². The first-order valence-electron chi connectivity index (χ1n) is 8.54. The van der Waals surface area contributed by atoms with Crippen molar-refractivity contribution in [3.05, 3.63) is 0 Å². The molecule has 0 aromatic rings. The van der Waals surface area contributed by atoms with Gasteiger partial charge in [0, 0.05) is 51.2 Å². The largest absolute Gasteiger partial charge is 0.340 e. The van der Waals surface area contributed by atoms with Crippen molar-refractivity contribution in [2.24, 2.45) is 0 Å². The zero-order valence-corrected chi connectivity index (χ0v) is 16.4. The van der Waals surface area contributed by atoms with Crippen molar-refractivity contribution in [2.75, 3.05) is 52.9 Å². The summed E-state index contributed by atoms with van der Waals surface area (Å²) in [5.74, 6) is 0.322.